The molecule has 0 aliphatic carbocycles. The van der Waals surface area contributed by atoms with Crippen LogP contribution in [0.15, 0.2) is 60.7 Å². The van der Waals surface area contributed by atoms with Gasteiger partial charge in [-0.15, -0.1) is 0 Å². The highest BCUT2D eigenvalue weighted by Gasteiger charge is 2.32. The summed E-state index contributed by atoms with van der Waals surface area (Å²) < 4.78 is 0. The lowest BCUT2D eigenvalue weighted by Gasteiger charge is -2.42. The molecule has 3 atom stereocenters. The zero-order chi connectivity index (χ0) is 17.5. The lowest BCUT2D eigenvalue weighted by atomic mass is 9.81. The van der Waals surface area contributed by atoms with Gasteiger partial charge in [-0.1, -0.05) is 74.0 Å². The first-order valence-corrected chi connectivity index (χ1v) is 9.79. The van der Waals surface area contributed by atoms with Crippen molar-refractivity contribution in [3.8, 4) is 0 Å². The molecule has 1 fully saturated rings. The van der Waals surface area contributed by atoms with Crippen LogP contribution in [0.25, 0.3) is 0 Å². The Bertz CT molecular complexity index is 613. The van der Waals surface area contributed by atoms with Crippen molar-refractivity contribution in [2.45, 2.75) is 57.7 Å². The van der Waals surface area contributed by atoms with Gasteiger partial charge in [0.15, 0.2) is 0 Å². The van der Waals surface area contributed by atoms with Crippen LogP contribution in [-0.4, -0.2) is 22.6 Å². The zero-order valence-corrected chi connectivity index (χ0v) is 15.3. The van der Waals surface area contributed by atoms with E-state index in [1.54, 1.807) is 0 Å². The molecule has 2 nitrogen and oxygen atoms in total. The summed E-state index contributed by atoms with van der Waals surface area (Å²) in [5.41, 5.74) is 2.45. The molecule has 1 unspecified atom stereocenters. The molecule has 0 radical (unpaired) electrons. The zero-order valence-electron chi connectivity index (χ0n) is 15.3. The molecule has 0 spiro atoms. The summed E-state index contributed by atoms with van der Waals surface area (Å²) in [6.07, 6.45) is 5.42. The van der Waals surface area contributed by atoms with Crippen molar-refractivity contribution >= 4 is 0 Å². The number of benzene rings is 2. The predicted molar refractivity (Wildman–Crippen MR) is 104 cm³/mol. The van der Waals surface area contributed by atoms with E-state index in [9.17, 15) is 5.11 Å². The summed E-state index contributed by atoms with van der Waals surface area (Å²) in [6.45, 7) is 4.49. The molecule has 2 aromatic carbocycles. The number of hydrogen-bond donors (Lipinski definition) is 1. The Morgan fingerprint density at radius 2 is 1.72 bits per heavy atom. The maximum atomic E-state index is 10.7. The van der Waals surface area contributed by atoms with Crippen LogP contribution < -0.4 is 0 Å². The number of aliphatic hydroxyl groups is 1. The van der Waals surface area contributed by atoms with Crippen LogP contribution in [0.5, 0.6) is 0 Å². The fourth-order valence-electron chi connectivity index (χ4n) is 4.31. The van der Waals surface area contributed by atoms with Crippen molar-refractivity contribution < 1.29 is 5.11 Å². The van der Waals surface area contributed by atoms with Crippen LogP contribution in [0.3, 0.4) is 0 Å². The first-order valence-electron chi connectivity index (χ1n) is 9.79. The molecule has 3 rings (SSSR count). The van der Waals surface area contributed by atoms with Crippen molar-refractivity contribution in [2.75, 3.05) is 6.54 Å². The largest absolute Gasteiger partial charge is 0.388 e. The summed E-state index contributed by atoms with van der Waals surface area (Å²) in [6, 6.07) is 21.5. The van der Waals surface area contributed by atoms with E-state index in [2.05, 4.69) is 42.2 Å². The van der Waals surface area contributed by atoms with Crippen molar-refractivity contribution in [3.63, 3.8) is 0 Å². The monoisotopic (exact) mass is 337 g/mol. The standard InChI is InChI=1S/C23H31NO/c1-2-10-22-21(17-23(25)20-13-7-4-8-14-20)15-9-16-24(22)18-19-11-5-3-6-12-19/h3-8,11-14,21-23,25H,2,9-10,15-18H2,1H3/t21-,22-,23?/m1/s1. The molecule has 134 valence electrons. The van der Waals surface area contributed by atoms with Gasteiger partial charge in [-0.05, 0) is 49.3 Å². The quantitative estimate of drug-likeness (QED) is 0.751. The highest BCUT2D eigenvalue weighted by Crippen LogP contribution is 2.34. The maximum absolute atomic E-state index is 10.7. The molecular weight excluding hydrogens is 306 g/mol. The van der Waals surface area contributed by atoms with E-state index in [1.807, 2.05) is 30.3 Å². The number of nitrogens with zero attached hydrogens (tertiary/aromatic N) is 1. The summed E-state index contributed by atoms with van der Waals surface area (Å²) in [5.74, 6) is 0.576. The highest BCUT2D eigenvalue weighted by molar-refractivity contribution is 5.18. The predicted octanol–water partition coefficient (Wildman–Crippen LogP) is 5.19. The van der Waals surface area contributed by atoms with Crippen molar-refractivity contribution in [1.29, 1.82) is 0 Å². The van der Waals surface area contributed by atoms with Gasteiger partial charge in [0.2, 0.25) is 0 Å². The van der Waals surface area contributed by atoms with E-state index in [4.69, 9.17) is 0 Å². The molecule has 1 heterocycles. The Kier molecular flexibility index (Phi) is 6.66. The molecule has 2 aromatic rings. The van der Waals surface area contributed by atoms with Gasteiger partial charge in [-0.2, -0.15) is 0 Å². The third-order valence-corrected chi connectivity index (χ3v) is 5.56. The Hall–Kier alpha value is -1.64. The molecule has 0 aromatic heterocycles. The molecule has 1 saturated heterocycles. The first kappa shape index (κ1) is 18.2. The van der Waals surface area contributed by atoms with Crippen molar-refractivity contribution in [1.82, 2.24) is 4.90 Å². The maximum Gasteiger partial charge on any atom is 0.0793 e. The van der Waals surface area contributed by atoms with Crippen LogP contribution in [0.4, 0.5) is 0 Å². The Morgan fingerprint density at radius 3 is 2.40 bits per heavy atom. The van der Waals surface area contributed by atoms with Gasteiger partial charge in [0.1, 0.15) is 0 Å². The van der Waals surface area contributed by atoms with Gasteiger partial charge in [-0.3, -0.25) is 4.90 Å². The Labute approximate surface area is 152 Å². The average Bonchev–Trinajstić information content (AvgIpc) is 2.66. The third kappa shape index (κ3) is 4.93. The summed E-state index contributed by atoms with van der Waals surface area (Å²) in [5, 5.41) is 10.7. The number of likely N-dealkylation sites (tertiary alicyclic amines) is 1. The summed E-state index contributed by atoms with van der Waals surface area (Å²) in [4.78, 5) is 2.66. The van der Waals surface area contributed by atoms with E-state index in [0.717, 1.165) is 18.5 Å². The lowest BCUT2D eigenvalue weighted by molar-refractivity contribution is 0.0419. The molecule has 2 heteroatoms. The molecule has 25 heavy (non-hydrogen) atoms. The second kappa shape index (κ2) is 9.17. The fraction of sp³-hybridized carbons (Fsp3) is 0.478. The van der Waals surface area contributed by atoms with E-state index in [1.165, 1.54) is 37.8 Å². The third-order valence-electron chi connectivity index (χ3n) is 5.56. The van der Waals surface area contributed by atoms with Gasteiger partial charge in [-0.25, -0.2) is 0 Å². The average molecular weight is 338 g/mol. The topological polar surface area (TPSA) is 23.5 Å². The van der Waals surface area contributed by atoms with Crippen LogP contribution >= 0.6 is 0 Å². The van der Waals surface area contributed by atoms with E-state index in [0.29, 0.717) is 12.0 Å². The van der Waals surface area contributed by atoms with Gasteiger partial charge >= 0.3 is 0 Å². The number of aliphatic hydroxyl groups excluding tert-OH is 1. The normalized spacial score (nSPS) is 22.6. The molecule has 1 N–H and O–H groups in total. The number of piperidine rings is 1. The van der Waals surface area contributed by atoms with E-state index in [-0.39, 0.29) is 6.10 Å². The Morgan fingerprint density at radius 1 is 1.04 bits per heavy atom. The van der Waals surface area contributed by atoms with Crippen molar-refractivity contribution in [2.24, 2.45) is 5.92 Å². The second-order valence-electron chi connectivity index (χ2n) is 7.38. The lowest BCUT2D eigenvalue weighted by Crippen LogP contribution is -2.45. The molecule has 0 amide bonds. The summed E-state index contributed by atoms with van der Waals surface area (Å²) >= 11 is 0. The summed E-state index contributed by atoms with van der Waals surface area (Å²) in [7, 11) is 0. The minimum atomic E-state index is -0.345. The van der Waals surface area contributed by atoms with Gasteiger partial charge in [0.05, 0.1) is 6.10 Å². The molecule has 0 bridgehead atoms. The van der Waals surface area contributed by atoms with Crippen LogP contribution in [0.2, 0.25) is 0 Å². The first-order chi connectivity index (χ1) is 12.3. The minimum absolute atomic E-state index is 0.345. The molecular formula is C23H31NO. The fourth-order valence-corrected chi connectivity index (χ4v) is 4.31. The van der Waals surface area contributed by atoms with Gasteiger partial charge in [0.25, 0.3) is 0 Å². The molecule has 0 saturated carbocycles. The second-order valence-corrected chi connectivity index (χ2v) is 7.38. The number of rotatable bonds is 7. The van der Waals surface area contributed by atoms with Gasteiger partial charge < -0.3 is 5.11 Å². The van der Waals surface area contributed by atoms with Crippen molar-refractivity contribution in [3.05, 3.63) is 71.8 Å². The van der Waals surface area contributed by atoms with Crippen LogP contribution in [0.1, 0.15) is 56.3 Å². The highest BCUT2D eigenvalue weighted by atomic mass is 16.3. The van der Waals surface area contributed by atoms with Crippen LogP contribution in [0, 0.1) is 5.92 Å². The van der Waals surface area contributed by atoms with E-state index >= 15 is 0 Å². The molecule has 1 aliphatic rings. The van der Waals surface area contributed by atoms with Gasteiger partial charge in [0, 0.05) is 12.6 Å². The van der Waals surface area contributed by atoms with E-state index < -0.39 is 0 Å². The SMILES string of the molecule is CCC[C@@H]1[C@@H](CC(O)c2ccccc2)CCCN1Cc1ccccc1. The van der Waals surface area contributed by atoms with Crippen LogP contribution in [-0.2, 0) is 6.54 Å². The minimum Gasteiger partial charge on any atom is -0.388 e. The molecule has 1 aliphatic heterocycles. The Balaban J connectivity index is 1.69. The number of hydrogen-bond acceptors (Lipinski definition) is 2. The smallest absolute Gasteiger partial charge is 0.0793 e.